The normalized spacial score (nSPS) is 23.5. The van der Waals surface area contributed by atoms with Crippen molar-refractivity contribution in [2.24, 2.45) is 5.41 Å². The number of pyridine rings is 1. The molecule has 0 aliphatic carbocycles. The van der Waals surface area contributed by atoms with Crippen LogP contribution >= 0.6 is 0 Å². The maximum atomic E-state index is 13.1. The van der Waals surface area contributed by atoms with Crippen LogP contribution < -0.4 is 0 Å². The van der Waals surface area contributed by atoms with Crippen molar-refractivity contribution in [3.05, 3.63) is 54.2 Å². The van der Waals surface area contributed by atoms with Crippen LogP contribution in [0.5, 0.6) is 0 Å². The van der Waals surface area contributed by atoms with Crippen LogP contribution in [0.15, 0.2) is 47.3 Å². The monoisotopic (exact) mass is 353 g/mol. The molecular formula is C20H23N3O3. The molecule has 6 heteroatoms. The Morgan fingerprint density at radius 2 is 1.92 bits per heavy atom. The molecule has 0 saturated carbocycles. The number of likely N-dealkylation sites (tertiary alicyclic amines) is 2. The number of rotatable bonds is 3. The van der Waals surface area contributed by atoms with Crippen LogP contribution in [0.3, 0.4) is 0 Å². The molecule has 1 spiro atoms. The first-order valence-corrected chi connectivity index (χ1v) is 9.19. The Morgan fingerprint density at radius 3 is 2.69 bits per heavy atom. The van der Waals surface area contributed by atoms with Gasteiger partial charge in [-0.05, 0) is 55.5 Å². The van der Waals surface area contributed by atoms with E-state index in [-0.39, 0.29) is 17.2 Å². The predicted molar refractivity (Wildman–Crippen MR) is 95.2 cm³/mol. The van der Waals surface area contributed by atoms with Crippen LogP contribution in [0.25, 0.3) is 0 Å². The minimum Gasteiger partial charge on any atom is -0.459 e. The number of amides is 2. The van der Waals surface area contributed by atoms with Crippen LogP contribution in [-0.2, 0) is 11.3 Å². The van der Waals surface area contributed by atoms with Crippen molar-refractivity contribution in [3.8, 4) is 0 Å². The van der Waals surface area contributed by atoms with Gasteiger partial charge in [0.1, 0.15) is 0 Å². The van der Waals surface area contributed by atoms with Gasteiger partial charge in [-0.3, -0.25) is 14.6 Å². The quantitative estimate of drug-likeness (QED) is 0.851. The fourth-order valence-electron chi connectivity index (χ4n) is 4.17. The molecule has 2 aromatic rings. The molecule has 2 aliphatic heterocycles. The lowest BCUT2D eigenvalue weighted by atomic mass is 9.79. The van der Waals surface area contributed by atoms with E-state index in [2.05, 4.69) is 4.98 Å². The van der Waals surface area contributed by atoms with E-state index in [4.69, 9.17) is 4.42 Å². The third-order valence-corrected chi connectivity index (χ3v) is 5.69. The molecule has 26 heavy (non-hydrogen) atoms. The fourth-order valence-corrected chi connectivity index (χ4v) is 4.17. The Bertz CT molecular complexity index is 775. The molecule has 0 N–H and O–H groups in total. The maximum absolute atomic E-state index is 13.1. The van der Waals surface area contributed by atoms with Crippen LogP contribution in [0, 0.1) is 5.41 Å². The fraction of sp³-hybridized carbons (Fsp3) is 0.450. The molecule has 1 atom stereocenters. The standard InChI is InChI=1S/C20H23N3O3/c24-18(17-3-1-14-26-17)22-11-2-6-20(7-12-22)8-13-23(19(20)25)15-16-4-9-21-10-5-16/h1,3-5,9-10,14H,2,6-8,11-13,15H2/t20-/m1/s1. The lowest BCUT2D eigenvalue weighted by molar-refractivity contribution is -0.137. The first-order valence-electron chi connectivity index (χ1n) is 9.19. The third-order valence-electron chi connectivity index (χ3n) is 5.69. The molecule has 0 radical (unpaired) electrons. The Labute approximate surface area is 152 Å². The van der Waals surface area contributed by atoms with Crippen molar-refractivity contribution in [2.45, 2.75) is 32.2 Å². The first-order chi connectivity index (χ1) is 12.7. The van der Waals surface area contributed by atoms with E-state index in [1.807, 2.05) is 21.9 Å². The van der Waals surface area contributed by atoms with Gasteiger partial charge in [-0.15, -0.1) is 0 Å². The molecule has 4 heterocycles. The number of carbonyl (C=O) groups excluding carboxylic acids is 2. The summed E-state index contributed by atoms with van der Waals surface area (Å²) in [6.07, 6.45) is 8.33. The second kappa shape index (κ2) is 6.94. The number of hydrogen-bond donors (Lipinski definition) is 0. The van der Waals surface area contributed by atoms with Gasteiger partial charge in [-0.1, -0.05) is 0 Å². The second-order valence-electron chi connectivity index (χ2n) is 7.24. The molecule has 0 bridgehead atoms. The number of hydrogen-bond acceptors (Lipinski definition) is 4. The van der Waals surface area contributed by atoms with E-state index >= 15 is 0 Å². The van der Waals surface area contributed by atoms with Crippen LogP contribution in [0.1, 0.15) is 41.8 Å². The highest BCUT2D eigenvalue weighted by molar-refractivity contribution is 5.91. The van der Waals surface area contributed by atoms with E-state index in [9.17, 15) is 9.59 Å². The average Bonchev–Trinajstić information content (AvgIpc) is 3.23. The zero-order chi connectivity index (χ0) is 18.0. The van der Waals surface area contributed by atoms with Gasteiger partial charge >= 0.3 is 0 Å². The van der Waals surface area contributed by atoms with Crippen molar-refractivity contribution in [1.82, 2.24) is 14.8 Å². The van der Waals surface area contributed by atoms with Crippen molar-refractivity contribution in [3.63, 3.8) is 0 Å². The lowest BCUT2D eigenvalue weighted by Crippen LogP contribution is -2.36. The molecule has 6 nitrogen and oxygen atoms in total. The smallest absolute Gasteiger partial charge is 0.289 e. The van der Waals surface area contributed by atoms with Gasteiger partial charge in [-0.2, -0.15) is 0 Å². The summed E-state index contributed by atoms with van der Waals surface area (Å²) in [5.41, 5.74) is 0.791. The lowest BCUT2D eigenvalue weighted by Gasteiger charge is -2.26. The van der Waals surface area contributed by atoms with Crippen LogP contribution in [-0.4, -0.2) is 46.2 Å². The van der Waals surface area contributed by atoms with E-state index in [1.54, 1.807) is 24.5 Å². The maximum Gasteiger partial charge on any atom is 0.289 e. The molecule has 2 aromatic heterocycles. The van der Waals surface area contributed by atoms with Crippen molar-refractivity contribution < 1.29 is 14.0 Å². The van der Waals surface area contributed by atoms with Gasteiger partial charge in [-0.25, -0.2) is 0 Å². The van der Waals surface area contributed by atoms with Crippen molar-refractivity contribution in [1.29, 1.82) is 0 Å². The minimum atomic E-state index is -0.314. The van der Waals surface area contributed by atoms with Crippen LogP contribution in [0.2, 0.25) is 0 Å². The predicted octanol–water partition coefficient (Wildman–Crippen LogP) is 2.72. The summed E-state index contributed by atoms with van der Waals surface area (Å²) in [6.45, 7) is 2.71. The molecular weight excluding hydrogens is 330 g/mol. The molecule has 0 unspecified atom stereocenters. The summed E-state index contributed by atoms with van der Waals surface area (Å²) in [6, 6.07) is 7.33. The number of aromatic nitrogens is 1. The summed E-state index contributed by atoms with van der Waals surface area (Å²) in [5.74, 6) is 0.533. The average molecular weight is 353 g/mol. The highest BCUT2D eigenvalue weighted by atomic mass is 16.3. The SMILES string of the molecule is O=C(c1ccco1)N1CCC[C@@]2(CC1)CCN(Cc1ccncc1)C2=O. The Morgan fingerprint density at radius 1 is 1.12 bits per heavy atom. The third kappa shape index (κ3) is 3.11. The number of nitrogens with zero attached hydrogens (tertiary/aromatic N) is 3. The highest BCUT2D eigenvalue weighted by Gasteiger charge is 2.47. The molecule has 4 rings (SSSR count). The zero-order valence-electron chi connectivity index (χ0n) is 14.8. The zero-order valence-corrected chi connectivity index (χ0v) is 14.8. The summed E-state index contributed by atoms with van der Waals surface area (Å²) in [7, 11) is 0. The molecule has 136 valence electrons. The Hall–Kier alpha value is -2.63. The number of carbonyl (C=O) groups is 2. The Balaban J connectivity index is 1.43. The highest BCUT2D eigenvalue weighted by Crippen LogP contribution is 2.42. The summed E-state index contributed by atoms with van der Waals surface area (Å²) >= 11 is 0. The molecule has 2 saturated heterocycles. The van der Waals surface area contributed by atoms with E-state index in [1.165, 1.54) is 6.26 Å². The largest absolute Gasteiger partial charge is 0.459 e. The van der Waals surface area contributed by atoms with Crippen molar-refractivity contribution in [2.75, 3.05) is 19.6 Å². The van der Waals surface area contributed by atoms with Gasteiger partial charge in [0.05, 0.1) is 11.7 Å². The topological polar surface area (TPSA) is 66.7 Å². The van der Waals surface area contributed by atoms with Gasteiger partial charge in [0.2, 0.25) is 5.91 Å². The number of furan rings is 1. The first kappa shape index (κ1) is 16.8. The molecule has 2 fully saturated rings. The molecule has 2 amide bonds. The van der Waals surface area contributed by atoms with Crippen molar-refractivity contribution >= 4 is 11.8 Å². The second-order valence-corrected chi connectivity index (χ2v) is 7.24. The minimum absolute atomic E-state index is 0.0777. The van der Waals surface area contributed by atoms with E-state index in [0.717, 1.165) is 37.8 Å². The summed E-state index contributed by atoms with van der Waals surface area (Å²) in [5, 5.41) is 0. The van der Waals surface area contributed by atoms with Crippen LogP contribution in [0.4, 0.5) is 0 Å². The summed E-state index contributed by atoms with van der Waals surface area (Å²) < 4.78 is 5.24. The van der Waals surface area contributed by atoms with Gasteiger partial charge in [0.25, 0.3) is 5.91 Å². The van der Waals surface area contributed by atoms with E-state index in [0.29, 0.717) is 25.4 Å². The molecule has 2 aliphatic rings. The molecule has 0 aromatic carbocycles. The van der Waals surface area contributed by atoms with Gasteiger partial charge in [0.15, 0.2) is 5.76 Å². The van der Waals surface area contributed by atoms with Gasteiger partial charge < -0.3 is 14.2 Å². The van der Waals surface area contributed by atoms with Gasteiger partial charge in [0, 0.05) is 38.6 Å². The summed E-state index contributed by atoms with van der Waals surface area (Å²) in [4.78, 5) is 33.5. The van der Waals surface area contributed by atoms with E-state index < -0.39 is 0 Å². The Kier molecular flexibility index (Phi) is 4.49.